The Hall–Kier alpha value is -2.93. The molecule has 1 saturated carbocycles. The van der Waals surface area contributed by atoms with E-state index < -0.39 is 5.97 Å². The third kappa shape index (κ3) is 3.58. The number of hydrogen-bond acceptors (Lipinski definition) is 6. The van der Waals surface area contributed by atoms with Crippen molar-refractivity contribution in [2.45, 2.75) is 25.2 Å². The van der Waals surface area contributed by atoms with E-state index in [1.54, 1.807) is 7.11 Å². The molecule has 7 heteroatoms. The number of ether oxygens (including phenoxy) is 2. The van der Waals surface area contributed by atoms with E-state index in [4.69, 9.17) is 14.6 Å². The minimum atomic E-state index is -0.459. The van der Waals surface area contributed by atoms with Crippen molar-refractivity contribution < 1.29 is 14.3 Å². The first-order chi connectivity index (χ1) is 14.1. The van der Waals surface area contributed by atoms with E-state index in [0.29, 0.717) is 24.7 Å². The minimum Gasteiger partial charge on any atom is -0.464 e. The number of fused-ring (bicyclic) bond motifs is 1. The quantitative estimate of drug-likeness (QED) is 0.571. The third-order valence-corrected chi connectivity index (χ3v) is 5.57. The van der Waals surface area contributed by atoms with Gasteiger partial charge in [-0.05, 0) is 31.0 Å². The second kappa shape index (κ2) is 8.21. The summed E-state index contributed by atoms with van der Waals surface area (Å²) in [5.41, 5.74) is 3.86. The van der Waals surface area contributed by atoms with Crippen LogP contribution in [-0.4, -0.2) is 55.2 Å². The molecule has 3 aromatic rings. The van der Waals surface area contributed by atoms with Crippen LogP contribution in [0, 0.1) is 0 Å². The van der Waals surface area contributed by atoms with E-state index in [2.05, 4.69) is 9.88 Å². The lowest BCUT2D eigenvalue weighted by Crippen LogP contribution is -2.23. The number of nitrogens with zero attached hydrogens (tertiary/aromatic N) is 4. The Labute approximate surface area is 170 Å². The molecule has 0 spiro atoms. The maximum absolute atomic E-state index is 12.3. The molecule has 1 fully saturated rings. The predicted molar refractivity (Wildman–Crippen MR) is 112 cm³/mol. The summed E-state index contributed by atoms with van der Waals surface area (Å²) in [5.74, 6) is -0.0397. The number of benzene rings is 1. The number of esters is 1. The number of methoxy groups -OCH3 is 2. The molecule has 0 N–H and O–H groups in total. The lowest BCUT2D eigenvalue weighted by molar-refractivity contribution is 0.0594. The molecule has 1 aliphatic rings. The number of carbonyl (C=O) groups is 1. The largest absolute Gasteiger partial charge is 0.464 e. The number of hydrogen-bond donors (Lipinski definition) is 0. The van der Waals surface area contributed by atoms with Crippen LogP contribution >= 0.6 is 0 Å². The Bertz CT molecular complexity index is 1010. The van der Waals surface area contributed by atoms with Gasteiger partial charge in [-0.25, -0.2) is 14.5 Å². The van der Waals surface area contributed by atoms with Crippen molar-refractivity contribution in [3.05, 3.63) is 47.8 Å². The number of carbonyl (C=O) groups excluding carboxylic acids is 1. The first kappa shape index (κ1) is 19.4. The van der Waals surface area contributed by atoms with Gasteiger partial charge in [0.1, 0.15) is 0 Å². The molecule has 152 valence electrons. The van der Waals surface area contributed by atoms with Gasteiger partial charge in [-0.3, -0.25) is 0 Å². The molecule has 1 aliphatic carbocycles. The number of rotatable bonds is 7. The number of anilines is 1. The summed E-state index contributed by atoms with van der Waals surface area (Å²) in [6.07, 6.45) is 3.47. The van der Waals surface area contributed by atoms with E-state index >= 15 is 0 Å². The fraction of sp³-hybridized carbons (Fsp3) is 0.409. The van der Waals surface area contributed by atoms with E-state index in [0.717, 1.165) is 35.3 Å². The molecule has 0 amide bonds. The van der Waals surface area contributed by atoms with Crippen LogP contribution in [0.5, 0.6) is 0 Å². The topological polar surface area (TPSA) is 69.5 Å². The van der Waals surface area contributed by atoms with Gasteiger partial charge in [0.05, 0.1) is 36.2 Å². The number of aromatic nitrogens is 3. The Balaban J connectivity index is 1.98. The van der Waals surface area contributed by atoms with Crippen LogP contribution in [0.25, 0.3) is 16.7 Å². The first-order valence-corrected chi connectivity index (χ1v) is 9.91. The maximum atomic E-state index is 12.3. The molecule has 4 rings (SSSR count). The smallest absolute Gasteiger partial charge is 0.356 e. The predicted octanol–water partition coefficient (Wildman–Crippen LogP) is 3.56. The number of para-hydroxylation sites is 1. The summed E-state index contributed by atoms with van der Waals surface area (Å²) < 4.78 is 12.1. The van der Waals surface area contributed by atoms with Crippen molar-refractivity contribution in [2.75, 3.05) is 39.3 Å². The Morgan fingerprint density at radius 3 is 2.62 bits per heavy atom. The highest BCUT2D eigenvalue weighted by atomic mass is 16.5. The van der Waals surface area contributed by atoms with E-state index in [-0.39, 0.29) is 5.69 Å². The van der Waals surface area contributed by atoms with Crippen molar-refractivity contribution in [1.29, 1.82) is 0 Å². The van der Waals surface area contributed by atoms with Gasteiger partial charge in [-0.2, -0.15) is 5.10 Å². The normalized spacial score (nSPS) is 14.0. The van der Waals surface area contributed by atoms with E-state index in [1.807, 2.05) is 48.1 Å². The molecule has 0 atom stereocenters. The van der Waals surface area contributed by atoms with Gasteiger partial charge < -0.3 is 14.4 Å². The van der Waals surface area contributed by atoms with Crippen molar-refractivity contribution in [2.24, 2.45) is 0 Å². The van der Waals surface area contributed by atoms with Gasteiger partial charge in [0.2, 0.25) is 0 Å². The maximum Gasteiger partial charge on any atom is 0.356 e. The Morgan fingerprint density at radius 2 is 2.00 bits per heavy atom. The van der Waals surface area contributed by atoms with Crippen molar-refractivity contribution >= 4 is 22.7 Å². The first-order valence-electron chi connectivity index (χ1n) is 9.91. The van der Waals surface area contributed by atoms with Crippen LogP contribution in [0.1, 0.15) is 41.4 Å². The summed E-state index contributed by atoms with van der Waals surface area (Å²) in [6, 6.07) is 11.7. The molecule has 0 aliphatic heterocycles. The monoisotopic (exact) mass is 394 g/mol. The molecule has 1 aromatic carbocycles. The number of pyridine rings is 1. The zero-order chi connectivity index (χ0) is 20.4. The SMILES string of the molecule is COCCN(C)c1cc(C(=O)OC)nc2c1c(C1CCC1)nn2-c1ccccc1. The van der Waals surface area contributed by atoms with Gasteiger partial charge in [0.15, 0.2) is 11.3 Å². The second-order valence-corrected chi connectivity index (χ2v) is 7.39. The van der Waals surface area contributed by atoms with E-state index in [1.165, 1.54) is 13.5 Å². The van der Waals surface area contributed by atoms with Crippen LogP contribution < -0.4 is 4.90 Å². The Morgan fingerprint density at radius 1 is 1.24 bits per heavy atom. The fourth-order valence-electron chi connectivity index (χ4n) is 3.70. The van der Waals surface area contributed by atoms with Crippen LogP contribution in [-0.2, 0) is 9.47 Å². The Kier molecular flexibility index (Phi) is 5.49. The van der Waals surface area contributed by atoms with Crippen molar-refractivity contribution in [3.63, 3.8) is 0 Å². The summed E-state index contributed by atoms with van der Waals surface area (Å²) >= 11 is 0. The molecular weight excluding hydrogens is 368 g/mol. The second-order valence-electron chi connectivity index (χ2n) is 7.39. The van der Waals surface area contributed by atoms with Crippen LogP contribution in [0.2, 0.25) is 0 Å². The average Bonchev–Trinajstić information content (AvgIpc) is 3.09. The molecule has 0 bridgehead atoms. The van der Waals surface area contributed by atoms with Gasteiger partial charge in [-0.1, -0.05) is 24.6 Å². The van der Waals surface area contributed by atoms with Crippen molar-refractivity contribution in [1.82, 2.24) is 14.8 Å². The molecule has 0 radical (unpaired) electrons. The highest BCUT2D eigenvalue weighted by molar-refractivity contribution is 5.99. The molecule has 0 saturated heterocycles. The molecule has 0 unspecified atom stereocenters. The summed E-state index contributed by atoms with van der Waals surface area (Å²) in [7, 11) is 5.05. The zero-order valence-corrected chi connectivity index (χ0v) is 17.1. The number of likely N-dealkylation sites (N-methyl/N-ethyl adjacent to an activating group) is 1. The highest BCUT2D eigenvalue weighted by Gasteiger charge is 2.29. The molecule has 29 heavy (non-hydrogen) atoms. The van der Waals surface area contributed by atoms with Crippen LogP contribution in [0.4, 0.5) is 5.69 Å². The van der Waals surface area contributed by atoms with Crippen LogP contribution in [0.15, 0.2) is 36.4 Å². The van der Waals surface area contributed by atoms with Gasteiger partial charge in [-0.15, -0.1) is 0 Å². The molecule has 2 heterocycles. The van der Waals surface area contributed by atoms with Gasteiger partial charge >= 0.3 is 5.97 Å². The van der Waals surface area contributed by atoms with E-state index in [9.17, 15) is 4.79 Å². The average molecular weight is 394 g/mol. The van der Waals surface area contributed by atoms with Gasteiger partial charge in [0.25, 0.3) is 0 Å². The zero-order valence-electron chi connectivity index (χ0n) is 17.1. The molecular formula is C22H26N4O3. The summed E-state index contributed by atoms with van der Waals surface area (Å²) in [4.78, 5) is 19.1. The lowest BCUT2D eigenvalue weighted by atomic mass is 9.82. The third-order valence-electron chi connectivity index (χ3n) is 5.57. The molecule has 2 aromatic heterocycles. The van der Waals surface area contributed by atoms with Crippen molar-refractivity contribution in [3.8, 4) is 5.69 Å². The summed E-state index contributed by atoms with van der Waals surface area (Å²) in [6.45, 7) is 1.27. The summed E-state index contributed by atoms with van der Waals surface area (Å²) in [5, 5.41) is 5.98. The standard InChI is InChI=1S/C22H26N4O3/c1-25(12-13-28-2)18-14-17(22(27)29-3)23-21-19(18)20(15-8-7-9-15)24-26(21)16-10-5-4-6-11-16/h4-6,10-11,14-15H,7-9,12-13H2,1-3H3. The van der Waals surface area contributed by atoms with Gasteiger partial charge in [0, 0.05) is 26.6 Å². The molecule has 7 nitrogen and oxygen atoms in total. The van der Waals surface area contributed by atoms with Crippen LogP contribution in [0.3, 0.4) is 0 Å². The highest BCUT2D eigenvalue weighted by Crippen LogP contribution is 2.42. The minimum absolute atomic E-state index is 0.275. The lowest BCUT2D eigenvalue weighted by Gasteiger charge is -2.26. The fourth-order valence-corrected chi connectivity index (χ4v) is 3.70.